The van der Waals surface area contributed by atoms with E-state index in [0.717, 1.165) is 31.7 Å². The topological polar surface area (TPSA) is 74.7 Å². The van der Waals surface area contributed by atoms with E-state index in [-0.39, 0.29) is 34.8 Å². The van der Waals surface area contributed by atoms with Gasteiger partial charge in [-0.25, -0.2) is 0 Å². The van der Waals surface area contributed by atoms with E-state index < -0.39 is 0 Å². The second-order valence-corrected chi connectivity index (χ2v) is 9.29. The number of nitrogens with zero attached hydrogens (tertiary/aromatic N) is 3. The summed E-state index contributed by atoms with van der Waals surface area (Å²) < 4.78 is 1.78. The van der Waals surface area contributed by atoms with Gasteiger partial charge in [0.25, 0.3) is 11.5 Å². The third-order valence-electron chi connectivity index (χ3n) is 6.38. The number of rotatable bonds is 6. The number of piperidine rings is 1. The van der Waals surface area contributed by atoms with Crippen molar-refractivity contribution in [2.45, 2.75) is 31.7 Å². The molecule has 1 aromatic rings. The molecule has 7 nitrogen and oxygen atoms in total. The summed E-state index contributed by atoms with van der Waals surface area (Å²) in [7, 11) is 0. The first-order chi connectivity index (χ1) is 14.1. The number of hydrogen-bond donors (Lipinski definition) is 1. The molecule has 29 heavy (non-hydrogen) atoms. The van der Waals surface area contributed by atoms with Crippen LogP contribution in [0.4, 0.5) is 0 Å². The second-order valence-electron chi connectivity index (χ2n) is 8.42. The monoisotopic (exact) mass is 418 g/mol. The first-order valence-electron chi connectivity index (χ1n) is 10.6. The Kier molecular flexibility index (Phi) is 6.29. The fourth-order valence-corrected chi connectivity index (χ4v) is 5.40. The highest BCUT2D eigenvalue weighted by molar-refractivity contribution is 7.99. The van der Waals surface area contributed by atoms with Gasteiger partial charge >= 0.3 is 0 Å². The lowest BCUT2D eigenvalue weighted by Gasteiger charge is -2.42. The Morgan fingerprint density at radius 2 is 1.97 bits per heavy atom. The average molecular weight is 419 g/mol. The van der Waals surface area contributed by atoms with Crippen molar-refractivity contribution in [3.63, 3.8) is 0 Å². The van der Waals surface area contributed by atoms with Crippen LogP contribution in [0.1, 0.15) is 41.2 Å². The predicted molar refractivity (Wildman–Crippen MR) is 115 cm³/mol. The van der Waals surface area contributed by atoms with Crippen LogP contribution in [0.3, 0.4) is 0 Å². The molecule has 0 unspecified atom stereocenters. The maximum absolute atomic E-state index is 13.0. The van der Waals surface area contributed by atoms with Crippen molar-refractivity contribution < 1.29 is 9.59 Å². The lowest BCUT2D eigenvalue weighted by atomic mass is 9.83. The van der Waals surface area contributed by atoms with Crippen molar-refractivity contribution in [2.24, 2.45) is 5.92 Å². The van der Waals surface area contributed by atoms with Crippen LogP contribution in [0, 0.1) is 5.92 Å². The molecule has 0 radical (unpaired) electrons. The van der Waals surface area contributed by atoms with Crippen LogP contribution in [-0.4, -0.2) is 77.5 Å². The van der Waals surface area contributed by atoms with Crippen LogP contribution in [-0.2, 0) is 11.3 Å². The Labute approximate surface area is 175 Å². The van der Waals surface area contributed by atoms with Gasteiger partial charge in [-0.05, 0) is 56.7 Å². The minimum absolute atomic E-state index is 0.174. The van der Waals surface area contributed by atoms with Crippen molar-refractivity contribution in [1.29, 1.82) is 0 Å². The standard InChI is InChI=1S/C21H30N4O3S/c1-29-14-19(26)24-11-15-10-16(13-24)18-5-4-17(21(28)25(18)12-15)20(27)22-6-9-23-7-2-3-8-23/h4-5,15-16H,2-3,6-14H2,1H3,(H,22,27)/t15-,16+/m0/s1. The van der Waals surface area contributed by atoms with E-state index in [2.05, 4.69) is 10.2 Å². The molecule has 2 atom stereocenters. The molecule has 0 aliphatic carbocycles. The van der Waals surface area contributed by atoms with Gasteiger partial charge in [-0.3, -0.25) is 14.4 Å². The summed E-state index contributed by atoms with van der Waals surface area (Å²) in [5.74, 6) is 0.850. The predicted octanol–water partition coefficient (Wildman–Crippen LogP) is 0.983. The molecule has 3 aliphatic heterocycles. The largest absolute Gasteiger partial charge is 0.351 e. The highest BCUT2D eigenvalue weighted by Crippen LogP contribution is 2.35. The van der Waals surface area contributed by atoms with Gasteiger partial charge < -0.3 is 19.7 Å². The van der Waals surface area contributed by atoms with Gasteiger partial charge in [0.15, 0.2) is 0 Å². The van der Waals surface area contributed by atoms with Gasteiger partial charge in [0.05, 0.1) is 5.75 Å². The van der Waals surface area contributed by atoms with E-state index in [9.17, 15) is 14.4 Å². The summed E-state index contributed by atoms with van der Waals surface area (Å²) in [4.78, 5) is 42.2. The molecule has 0 saturated carbocycles. The van der Waals surface area contributed by atoms with E-state index in [4.69, 9.17) is 0 Å². The summed E-state index contributed by atoms with van der Waals surface area (Å²) in [5, 5.41) is 2.91. The Morgan fingerprint density at radius 1 is 1.17 bits per heavy atom. The van der Waals surface area contributed by atoms with Crippen LogP contribution >= 0.6 is 11.8 Å². The summed E-state index contributed by atoms with van der Waals surface area (Å²) in [6.45, 7) is 5.54. The minimum atomic E-state index is -0.281. The molecule has 1 N–H and O–H groups in total. The highest BCUT2D eigenvalue weighted by atomic mass is 32.2. The van der Waals surface area contributed by atoms with Gasteiger partial charge in [-0.2, -0.15) is 11.8 Å². The fraction of sp³-hybridized carbons (Fsp3) is 0.667. The molecular formula is C21H30N4O3S. The molecule has 2 amide bonds. The van der Waals surface area contributed by atoms with Crippen molar-refractivity contribution in [2.75, 3.05) is 51.3 Å². The Balaban J connectivity index is 1.45. The zero-order valence-electron chi connectivity index (χ0n) is 17.1. The zero-order chi connectivity index (χ0) is 20.4. The number of amides is 2. The molecule has 1 aromatic heterocycles. The maximum Gasteiger partial charge on any atom is 0.263 e. The van der Waals surface area contributed by atoms with Gasteiger partial charge in [-0.1, -0.05) is 0 Å². The maximum atomic E-state index is 13.0. The third-order valence-corrected chi connectivity index (χ3v) is 6.92. The first kappa shape index (κ1) is 20.5. The first-order valence-corrected chi connectivity index (χ1v) is 12.0. The molecule has 0 spiro atoms. The lowest BCUT2D eigenvalue weighted by molar-refractivity contribution is -0.131. The number of carbonyl (C=O) groups excluding carboxylic acids is 2. The van der Waals surface area contributed by atoms with Crippen molar-refractivity contribution in [1.82, 2.24) is 19.7 Å². The summed E-state index contributed by atoms with van der Waals surface area (Å²) in [5.41, 5.74) is 0.992. The Hall–Kier alpha value is -1.80. The van der Waals surface area contributed by atoms with Crippen LogP contribution in [0.25, 0.3) is 0 Å². The van der Waals surface area contributed by atoms with Crippen LogP contribution < -0.4 is 10.9 Å². The minimum Gasteiger partial charge on any atom is -0.351 e. The molecule has 4 heterocycles. The van der Waals surface area contributed by atoms with Crippen LogP contribution in [0.5, 0.6) is 0 Å². The van der Waals surface area contributed by atoms with Crippen molar-refractivity contribution in [3.05, 3.63) is 33.7 Å². The molecule has 0 aromatic carbocycles. The number of pyridine rings is 1. The summed E-state index contributed by atoms with van der Waals surface area (Å²) in [6, 6.07) is 3.59. The van der Waals surface area contributed by atoms with E-state index >= 15 is 0 Å². The number of carbonyl (C=O) groups is 2. The normalized spacial score (nSPS) is 23.7. The molecule has 8 heteroatoms. The number of likely N-dealkylation sites (tertiary alicyclic amines) is 2. The second kappa shape index (κ2) is 8.92. The lowest BCUT2D eigenvalue weighted by Crippen LogP contribution is -2.50. The Morgan fingerprint density at radius 3 is 2.72 bits per heavy atom. The highest BCUT2D eigenvalue weighted by Gasteiger charge is 2.36. The van der Waals surface area contributed by atoms with E-state index in [0.29, 0.717) is 31.9 Å². The quantitative estimate of drug-likeness (QED) is 0.746. The molecule has 4 rings (SSSR count). The van der Waals surface area contributed by atoms with Gasteiger partial charge in [0.1, 0.15) is 5.56 Å². The van der Waals surface area contributed by atoms with Crippen LogP contribution in [0.15, 0.2) is 16.9 Å². The number of nitrogens with one attached hydrogen (secondary N) is 1. The fourth-order valence-electron chi connectivity index (χ4n) is 4.97. The molecule has 158 valence electrons. The van der Waals surface area contributed by atoms with Crippen LogP contribution in [0.2, 0.25) is 0 Å². The van der Waals surface area contributed by atoms with Gasteiger partial charge in [-0.15, -0.1) is 0 Å². The summed E-state index contributed by atoms with van der Waals surface area (Å²) >= 11 is 1.55. The molecule has 2 bridgehead atoms. The molecule has 2 saturated heterocycles. The number of thioether (sulfide) groups is 1. The molecule has 2 fully saturated rings. The van der Waals surface area contributed by atoms with Crippen molar-refractivity contribution in [3.8, 4) is 0 Å². The molecule has 3 aliphatic rings. The van der Waals surface area contributed by atoms with E-state index in [1.54, 1.807) is 22.4 Å². The third kappa shape index (κ3) is 4.38. The van der Waals surface area contributed by atoms with Crippen molar-refractivity contribution >= 4 is 23.6 Å². The number of hydrogen-bond acceptors (Lipinski definition) is 5. The number of aromatic nitrogens is 1. The smallest absolute Gasteiger partial charge is 0.263 e. The van der Waals surface area contributed by atoms with E-state index in [1.807, 2.05) is 17.2 Å². The Bertz CT molecular complexity index is 834. The van der Waals surface area contributed by atoms with Gasteiger partial charge in [0, 0.05) is 44.3 Å². The summed E-state index contributed by atoms with van der Waals surface area (Å²) in [6.07, 6.45) is 5.39. The number of fused-ring (bicyclic) bond motifs is 4. The SMILES string of the molecule is CSCC(=O)N1C[C@@H]2C[C@H](C1)c1ccc(C(=O)NCCN3CCCC3)c(=O)n1C2. The zero-order valence-corrected chi connectivity index (χ0v) is 17.9. The van der Waals surface area contributed by atoms with Gasteiger partial charge in [0.2, 0.25) is 5.91 Å². The van der Waals surface area contributed by atoms with E-state index in [1.165, 1.54) is 12.8 Å². The molecular weight excluding hydrogens is 388 g/mol. The average Bonchev–Trinajstić information content (AvgIpc) is 3.22.